The highest BCUT2D eigenvalue weighted by Gasteiger charge is 2.31. The number of hydrogen-bond donors (Lipinski definition) is 1. The van der Waals surface area contributed by atoms with Crippen LogP contribution in [0.15, 0.2) is 30.5 Å². The first kappa shape index (κ1) is 18.8. The molecule has 150 valence electrons. The van der Waals surface area contributed by atoms with Crippen molar-refractivity contribution in [3.63, 3.8) is 0 Å². The first-order valence-electron chi connectivity index (χ1n) is 9.68. The smallest absolute Gasteiger partial charge is 0.406 e. The molecule has 1 aromatic carbocycles. The van der Waals surface area contributed by atoms with Crippen molar-refractivity contribution in [2.45, 2.75) is 57.5 Å². The van der Waals surface area contributed by atoms with Crippen LogP contribution in [0.2, 0.25) is 0 Å². The van der Waals surface area contributed by atoms with Crippen molar-refractivity contribution in [3.8, 4) is 5.75 Å². The Balaban J connectivity index is 1.47. The molecule has 4 rings (SSSR count). The molecule has 1 aliphatic carbocycles. The van der Waals surface area contributed by atoms with Gasteiger partial charge in [0.25, 0.3) is 0 Å². The van der Waals surface area contributed by atoms with E-state index >= 15 is 0 Å². The molecule has 1 fully saturated rings. The second-order valence-corrected chi connectivity index (χ2v) is 7.37. The Labute approximate surface area is 161 Å². The van der Waals surface area contributed by atoms with Gasteiger partial charge in [-0.2, -0.15) is 4.98 Å². The minimum Gasteiger partial charge on any atom is -0.406 e. The van der Waals surface area contributed by atoms with Gasteiger partial charge in [-0.1, -0.05) is 25.3 Å². The lowest BCUT2D eigenvalue weighted by Crippen LogP contribution is -2.31. The number of aromatic nitrogens is 2. The molecule has 1 saturated carbocycles. The molecule has 1 N–H and O–H groups in total. The monoisotopic (exact) mass is 392 g/mol. The normalized spacial score (nSPS) is 17.9. The molecule has 2 heterocycles. The highest BCUT2D eigenvalue weighted by Crippen LogP contribution is 2.30. The number of hydrogen-bond acceptors (Lipinski definition) is 5. The third kappa shape index (κ3) is 4.66. The summed E-state index contributed by atoms with van der Waals surface area (Å²) in [7, 11) is 0. The average Bonchev–Trinajstić information content (AvgIpc) is 2.67. The molecule has 0 amide bonds. The Hall–Kier alpha value is -2.51. The van der Waals surface area contributed by atoms with Gasteiger partial charge in [0.05, 0.1) is 0 Å². The molecule has 2 aliphatic rings. The number of alkyl halides is 3. The Morgan fingerprint density at radius 2 is 1.89 bits per heavy atom. The molecule has 0 unspecified atom stereocenters. The van der Waals surface area contributed by atoms with Crippen LogP contribution in [0.5, 0.6) is 5.75 Å². The van der Waals surface area contributed by atoms with Crippen molar-refractivity contribution in [2.24, 2.45) is 0 Å². The van der Waals surface area contributed by atoms with E-state index < -0.39 is 6.36 Å². The maximum absolute atomic E-state index is 12.5. The largest absolute Gasteiger partial charge is 0.573 e. The number of halogens is 3. The quantitative estimate of drug-likeness (QED) is 0.819. The predicted octanol–water partition coefficient (Wildman–Crippen LogP) is 4.68. The summed E-state index contributed by atoms with van der Waals surface area (Å²) in [5.74, 6) is 1.21. The van der Waals surface area contributed by atoms with Crippen molar-refractivity contribution < 1.29 is 17.9 Å². The van der Waals surface area contributed by atoms with E-state index in [9.17, 15) is 13.2 Å². The molecular formula is C20H23F3N4O. The summed E-state index contributed by atoms with van der Waals surface area (Å²) in [6, 6.07) is 6.81. The lowest BCUT2D eigenvalue weighted by atomic mass is 9.96. The van der Waals surface area contributed by atoms with Gasteiger partial charge in [0.15, 0.2) is 0 Å². The number of ether oxygens (including phenoxy) is 1. The molecule has 0 radical (unpaired) electrons. The number of benzene rings is 1. The van der Waals surface area contributed by atoms with E-state index in [1.54, 1.807) is 12.3 Å². The summed E-state index contributed by atoms with van der Waals surface area (Å²) in [5.41, 5.74) is 1.87. The van der Waals surface area contributed by atoms with Crippen LogP contribution in [0, 0.1) is 0 Å². The fourth-order valence-corrected chi connectivity index (χ4v) is 3.95. The van der Waals surface area contributed by atoms with E-state index in [0.29, 0.717) is 18.5 Å². The third-order valence-electron chi connectivity index (χ3n) is 5.33. The summed E-state index contributed by atoms with van der Waals surface area (Å²) >= 11 is 0. The lowest BCUT2D eigenvalue weighted by Gasteiger charge is -2.30. The van der Waals surface area contributed by atoms with Gasteiger partial charge < -0.3 is 15.0 Å². The van der Waals surface area contributed by atoms with Crippen LogP contribution in [0.25, 0.3) is 0 Å². The van der Waals surface area contributed by atoms with Gasteiger partial charge in [-0.3, -0.25) is 0 Å². The molecule has 5 nitrogen and oxygen atoms in total. The number of nitrogens with zero attached hydrogens (tertiary/aromatic N) is 3. The fraction of sp³-hybridized carbons (Fsp3) is 0.500. The minimum atomic E-state index is -4.69. The van der Waals surface area contributed by atoms with Crippen molar-refractivity contribution in [2.75, 3.05) is 16.8 Å². The predicted molar refractivity (Wildman–Crippen MR) is 100 cm³/mol. The molecule has 0 bridgehead atoms. The Kier molecular flexibility index (Phi) is 5.28. The molecular weight excluding hydrogens is 369 g/mol. The number of anilines is 2. The van der Waals surface area contributed by atoms with Crippen LogP contribution in [-0.4, -0.2) is 28.9 Å². The van der Waals surface area contributed by atoms with E-state index in [1.807, 2.05) is 6.07 Å². The topological polar surface area (TPSA) is 50.3 Å². The molecule has 1 aromatic heterocycles. The summed E-state index contributed by atoms with van der Waals surface area (Å²) in [6.07, 6.45) is 3.79. The molecule has 28 heavy (non-hydrogen) atoms. The van der Waals surface area contributed by atoms with E-state index in [0.717, 1.165) is 42.8 Å². The highest BCUT2D eigenvalue weighted by atomic mass is 19.4. The summed E-state index contributed by atoms with van der Waals surface area (Å²) in [5, 5.41) is 3.42. The van der Waals surface area contributed by atoms with Gasteiger partial charge in [-0.25, -0.2) is 4.98 Å². The number of nitrogens with one attached hydrogen (secondary N) is 1. The Morgan fingerprint density at radius 1 is 1.07 bits per heavy atom. The summed E-state index contributed by atoms with van der Waals surface area (Å²) in [4.78, 5) is 11.0. The van der Waals surface area contributed by atoms with Gasteiger partial charge in [0, 0.05) is 25.3 Å². The van der Waals surface area contributed by atoms with Crippen LogP contribution in [-0.2, 0) is 13.0 Å². The number of fused-ring (bicyclic) bond motifs is 1. The third-order valence-corrected chi connectivity index (χ3v) is 5.33. The van der Waals surface area contributed by atoms with Gasteiger partial charge in [-0.15, -0.1) is 13.2 Å². The van der Waals surface area contributed by atoms with Crippen LogP contribution >= 0.6 is 0 Å². The van der Waals surface area contributed by atoms with Crippen LogP contribution in [0.1, 0.15) is 43.2 Å². The van der Waals surface area contributed by atoms with Gasteiger partial charge in [0.1, 0.15) is 11.6 Å². The second-order valence-electron chi connectivity index (χ2n) is 7.37. The van der Waals surface area contributed by atoms with E-state index in [-0.39, 0.29) is 5.75 Å². The minimum absolute atomic E-state index is 0.185. The zero-order valence-electron chi connectivity index (χ0n) is 15.5. The summed E-state index contributed by atoms with van der Waals surface area (Å²) in [6.45, 7) is 1.25. The van der Waals surface area contributed by atoms with E-state index in [4.69, 9.17) is 0 Å². The Morgan fingerprint density at radius 3 is 2.68 bits per heavy atom. The van der Waals surface area contributed by atoms with Gasteiger partial charge >= 0.3 is 6.36 Å². The van der Waals surface area contributed by atoms with Gasteiger partial charge in [0.2, 0.25) is 5.95 Å². The molecule has 8 heteroatoms. The van der Waals surface area contributed by atoms with E-state index in [1.165, 1.54) is 31.4 Å². The van der Waals surface area contributed by atoms with Crippen molar-refractivity contribution in [1.29, 1.82) is 0 Å². The standard InChI is InChI=1S/C20H23F3N4O/c21-20(22,23)28-17-7-6-14-9-11-27(13-15(14)12-17)18-8-10-24-19(26-18)25-16-4-2-1-3-5-16/h6-8,10,12,16H,1-5,9,11,13H2,(H,24,25,26). The first-order chi connectivity index (χ1) is 13.5. The number of rotatable bonds is 4. The van der Waals surface area contributed by atoms with Gasteiger partial charge in [-0.05, 0) is 48.6 Å². The van der Waals surface area contributed by atoms with Crippen LogP contribution in [0.4, 0.5) is 24.9 Å². The summed E-state index contributed by atoms with van der Waals surface area (Å²) < 4.78 is 41.5. The van der Waals surface area contributed by atoms with Crippen molar-refractivity contribution in [3.05, 3.63) is 41.6 Å². The van der Waals surface area contributed by atoms with Crippen molar-refractivity contribution >= 4 is 11.8 Å². The SMILES string of the molecule is FC(F)(F)Oc1ccc2c(c1)CN(c1ccnc(NC3CCCCC3)n1)CC2. The molecule has 2 aromatic rings. The van der Waals surface area contributed by atoms with E-state index in [2.05, 4.69) is 24.9 Å². The molecule has 0 saturated heterocycles. The van der Waals surface area contributed by atoms with Crippen LogP contribution in [0.3, 0.4) is 0 Å². The average molecular weight is 392 g/mol. The molecule has 1 aliphatic heterocycles. The second kappa shape index (κ2) is 7.85. The molecule has 0 spiro atoms. The maximum atomic E-state index is 12.5. The Bertz CT molecular complexity index is 821. The van der Waals surface area contributed by atoms with Crippen molar-refractivity contribution in [1.82, 2.24) is 9.97 Å². The highest BCUT2D eigenvalue weighted by molar-refractivity contribution is 5.48. The molecule has 0 atom stereocenters. The maximum Gasteiger partial charge on any atom is 0.573 e. The lowest BCUT2D eigenvalue weighted by molar-refractivity contribution is -0.274. The van der Waals surface area contributed by atoms with Crippen LogP contribution < -0.4 is 15.0 Å². The fourth-order valence-electron chi connectivity index (χ4n) is 3.95. The zero-order chi connectivity index (χ0) is 19.6. The zero-order valence-corrected chi connectivity index (χ0v) is 15.5. The first-order valence-corrected chi connectivity index (χ1v) is 9.68.